The van der Waals surface area contributed by atoms with Crippen LogP contribution in [0.4, 0.5) is 39.3 Å². The highest BCUT2D eigenvalue weighted by Gasteiger charge is 2.36. The number of hydrogen-bond acceptors (Lipinski definition) is 6. The summed E-state index contributed by atoms with van der Waals surface area (Å²) in [5.74, 6) is -1.16. The number of nitrogens with one attached hydrogen (secondary N) is 1. The van der Waals surface area contributed by atoms with Crippen LogP contribution in [0.3, 0.4) is 0 Å². The van der Waals surface area contributed by atoms with E-state index in [1.54, 1.807) is 6.07 Å². The fourth-order valence-electron chi connectivity index (χ4n) is 4.23. The lowest BCUT2D eigenvalue weighted by Crippen LogP contribution is -2.56. The van der Waals surface area contributed by atoms with Crippen molar-refractivity contribution in [1.29, 1.82) is 0 Å². The van der Waals surface area contributed by atoms with Crippen molar-refractivity contribution in [2.45, 2.75) is 44.4 Å². The van der Waals surface area contributed by atoms with E-state index in [4.69, 9.17) is 17.3 Å². The van der Waals surface area contributed by atoms with E-state index in [1.807, 2.05) is 9.80 Å². The minimum Gasteiger partial charge on any atom is -0.381 e. The molecule has 3 heterocycles. The van der Waals surface area contributed by atoms with Gasteiger partial charge < -0.3 is 20.9 Å². The van der Waals surface area contributed by atoms with E-state index in [9.17, 15) is 26.7 Å². The van der Waals surface area contributed by atoms with Crippen molar-refractivity contribution in [3.05, 3.63) is 41.2 Å². The predicted molar refractivity (Wildman–Crippen MR) is 119 cm³/mol. The number of nitrogens with zero attached hydrogens (tertiary/aromatic N) is 4. The molecule has 13 heteroatoms. The van der Waals surface area contributed by atoms with E-state index in [2.05, 4.69) is 15.3 Å². The molecule has 0 aliphatic carbocycles. The van der Waals surface area contributed by atoms with Gasteiger partial charge >= 0.3 is 6.68 Å². The highest BCUT2D eigenvalue weighted by molar-refractivity contribution is 6.30. The minimum atomic E-state index is -3.67. The van der Waals surface area contributed by atoms with Gasteiger partial charge in [0.15, 0.2) is 11.6 Å². The number of nitrogens with two attached hydrogens (primary N) is 1. The molecule has 2 aliphatic heterocycles. The van der Waals surface area contributed by atoms with Crippen molar-refractivity contribution in [2.24, 2.45) is 0 Å². The largest absolute Gasteiger partial charge is 0.381 e. The maximum Gasteiger partial charge on any atom is 0.379 e. The van der Waals surface area contributed by atoms with Gasteiger partial charge in [0.2, 0.25) is 11.7 Å². The Morgan fingerprint density at radius 1 is 1.09 bits per heavy atom. The smallest absolute Gasteiger partial charge is 0.379 e. The van der Waals surface area contributed by atoms with Gasteiger partial charge in [0, 0.05) is 36.4 Å². The molecule has 2 saturated heterocycles. The predicted octanol–water partition coefficient (Wildman–Crippen LogP) is 4.24. The third kappa shape index (κ3) is 6.58. The third-order valence-corrected chi connectivity index (χ3v) is 5.83. The van der Waals surface area contributed by atoms with Crippen molar-refractivity contribution < 1.29 is 26.7 Å². The summed E-state index contributed by atoms with van der Waals surface area (Å²) in [5.41, 5.74) is 6.05. The Bertz CT molecular complexity index is 977. The Kier molecular flexibility index (Phi) is 8.70. The molecule has 186 valence electrons. The number of benzene rings is 1. The Labute approximate surface area is 198 Å². The van der Waals surface area contributed by atoms with Crippen molar-refractivity contribution in [3.8, 4) is 0 Å². The van der Waals surface area contributed by atoms with Crippen molar-refractivity contribution in [2.75, 3.05) is 35.6 Å². The van der Waals surface area contributed by atoms with E-state index >= 15 is 0 Å². The molecule has 3 N–H and O–H groups in total. The molecule has 1 amide bonds. The number of rotatable bonds is 4. The Hall–Kier alpha value is -2.89. The molecule has 1 aromatic carbocycles. The van der Waals surface area contributed by atoms with Crippen LogP contribution in [0.15, 0.2) is 24.5 Å². The fourth-order valence-corrected chi connectivity index (χ4v) is 4.45. The fraction of sp³-hybridized carbons (Fsp3) is 0.476. The number of hydrogen-bond donors (Lipinski definition) is 2. The molecular formula is C21H24ClF5N6O. The molecule has 2 fully saturated rings. The molecule has 0 radical (unpaired) electrons. The van der Waals surface area contributed by atoms with Crippen LogP contribution in [0.25, 0.3) is 0 Å². The maximum atomic E-state index is 14.4. The molecule has 0 saturated carbocycles. The normalized spacial score (nSPS) is 20.7. The zero-order valence-electron chi connectivity index (χ0n) is 18.0. The molecule has 0 bridgehead atoms. The van der Waals surface area contributed by atoms with Gasteiger partial charge in [-0.3, -0.25) is 4.79 Å². The number of amides is 1. The number of likely N-dealkylation sites (tertiary alicyclic amines) is 1. The number of aromatic nitrogens is 2. The van der Waals surface area contributed by atoms with Crippen molar-refractivity contribution in [3.63, 3.8) is 0 Å². The summed E-state index contributed by atoms with van der Waals surface area (Å²) in [6, 6.07) is 3.61. The second-order valence-electron chi connectivity index (χ2n) is 7.91. The Balaban J connectivity index is 0.000000751. The summed E-state index contributed by atoms with van der Waals surface area (Å²) < 4.78 is 57.0. The van der Waals surface area contributed by atoms with Crippen LogP contribution in [-0.2, 0) is 4.79 Å². The van der Waals surface area contributed by atoms with Gasteiger partial charge in [-0.05, 0) is 43.9 Å². The van der Waals surface area contributed by atoms with E-state index in [-0.39, 0.29) is 28.6 Å². The first kappa shape index (κ1) is 25.7. The van der Waals surface area contributed by atoms with Gasteiger partial charge in [-0.2, -0.15) is 17.6 Å². The average Bonchev–Trinajstić information content (AvgIpc) is 2.76. The zero-order chi connectivity index (χ0) is 24.8. The van der Waals surface area contributed by atoms with Gasteiger partial charge in [-0.15, -0.1) is 0 Å². The second-order valence-corrected chi connectivity index (χ2v) is 8.35. The highest BCUT2D eigenvalue weighted by Crippen LogP contribution is 2.28. The second kappa shape index (κ2) is 11.5. The van der Waals surface area contributed by atoms with Crippen LogP contribution in [0.5, 0.6) is 0 Å². The van der Waals surface area contributed by atoms with Crippen LogP contribution in [-0.4, -0.2) is 59.2 Å². The molecule has 2 unspecified atom stereocenters. The van der Waals surface area contributed by atoms with E-state index in [0.717, 1.165) is 19.3 Å². The van der Waals surface area contributed by atoms with Crippen LogP contribution in [0.1, 0.15) is 25.7 Å². The van der Waals surface area contributed by atoms with Gasteiger partial charge in [0.1, 0.15) is 18.2 Å². The summed E-state index contributed by atoms with van der Waals surface area (Å²) in [6.45, 7) is -1.93. The number of nitrogen functional groups attached to an aromatic ring is 1. The van der Waals surface area contributed by atoms with Crippen LogP contribution in [0.2, 0.25) is 5.02 Å². The monoisotopic (exact) mass is 506 g/mol. The van der Waals surface area contributed by atoms with Crippen LogP contribution < -0.4 is 16.0 Å². The van der Waals surface area contributed by atoms with Crippen molar-refractivity contribution >= 4 is 34.8 Å². The lowest BCUT2D eigenvalue weighted by molar-refractivity contribution is -0.137. The molecular weight excluding hydrogens is 483 g/mol. The number of anilines is 3. The molecule has 34 heavy (non-hydrogen) atoms. The topological polar surface area (TPSA) is 87.4 Å². The molecule has 2 aromatic rings. The SMILES string of the molecule is FC(F)F.Nc1ncnc(N2CCCC(N3CCCC(Nc4cc(F)cc(Cl)c4)C3=O)C2)c1F. The third-order valence-electron chi connectivity index (χ3n) is 5.61. The van der Waals surface area contributed by atoms with Gasteiger partial charge in [0.25, 0.3) is 0 Å². The summed E-state index contributed by atoms with van der Waals surface area (Å²) in [5, 5.41) is 3.38. The van der Waals surface area contributed by atoms with Crippen LogP contribution >= 0.6 is 11.6 Å². The zero-order valence-corrected chi connectivity index (χ0v) is 18.8. The number of halogens is 6. The first-order chi connectivity index (χ1) is 16.2. The number of carbonyl (C=O) groups excluding carboxylic acids is 1. The van der Waals surface area contributed by atoms with Gasteiger partial charge in [0.05, 0.1) is 0 Å². The van der Waals surface area contributed by atoms with Gasteiger partial charge in [-0.1, -0.05) is 11.6 Å². The number of alkyl halides is 3. The lowest BCUT2D eigenvalue weighted by Gasteiger charge is -2.43. The first-order valence-corrected chi connectivity index (χ1v) is 11.0. The summed E-state index contributed by atoms with van der Waals surface area (Å²) in [4.78, 5) is 24.5. The molecule has 1 aromatic heterocycles. The molecule has 0 spiro atoms. The first-order valence-electron chi connectivity index (χ1n) is 10.6. The maximum absolute atomic E-state index is 14.4. The number of carbonyl (C=O) groups is 1. The Morgan fingerprint density at radius 2 is 1.79 bits per heavy atom. The summed E-state index contributed by atoms with van der Waals surface area (Å²) in [7, 11) is 0. The Morgan fingerprint density at radius 3 is 2.50 bits per heavy atom. The van der Waals surface area contributed by atoms with Crippen LogP contribution in [0, 0.1) is 11.6 Å². The summed E-state index contributed by atoms with van der Waals surface area (Å²) in [6.07, 6.45) is 4.33. The van der Waals surface area contributed by atoms with E-state index < -0.39 is 24.4 Å². The lowest BCUT2D eigenvalue weighted by atomic mass is 9.97. The van der Waals surface area contributed by atoms with E-state index in [1.165, 1.54) is 18.5 Å². The average molecular weight is 507 g/mol. The molecule has 2 aliphatic rings. The van der Waals surface area contributed by atoms with E-state index in [0.29, 0.717) is 31.7 Å². The highest BCUT2D eigenvalue weighted by atomic mass is 35.5. The quantitative estimate of drug-likeness (QED) is 0.603. The standard InChI is InChI=1S/C20H23ClF2N6O.CHF3/c21-12-7-13(22)9-14(8-12)27-16-4-2-6-29(20(16)30)15-3-1-5-28(10-15)19-17(23)18(24)25-11-26-19;2-1(3)4/h7-9,11,15-16,27H,1-6,10H2,(H2,24,25,26);1H. The summed E-state index contributed by atoms with van der Waals surface area (Å²) >= 11 is 5.92. The molecule has 7 nitrogen and oxygen atoms in total. The van der Waals surface area contributed by atoms with Gasteiger partial charge in [-0.25, -0.2) is 14.4 Å². The minimum absolute atomic E-state index is 0.0452. The molecule has 4 rings (SSSR count). The molecule has 2 atom stereocenters. The number of piperidine rings is 2. The van der Waals surface area contributed by atoms with Crippen molar-refractivity contribution in [1.82, 2.24) is 14.9 Å².